The number of carbonyl (C=O) groups excluding carboxylic acids is 1. The average molecular weight is 285 g/mol. The molecule has 1 aromatic carbocycles. The predicted molar refractivity (Wildman–Crippen MR) is 77.9 cm³/mol. The van der Waals surface area contributed by atoms with Crippen LogP contribution in [0.1, 0.15) is 26.2 Å². The van der Waals surface area contributed by atoms with Crippen molar-refractivity contribution in [1.29, 1.82) is 0 Å². The third kappa shape index (κ3) is 7.57. The molecular formula is C14H21ClN2O2. The number of halogens is 1. The van der Waals surface area contributed by atoms with Gasteiger partial charge in [-0.1, -0.05) is 37.4 Å². The molecule has 5 heteroatoms. The van der Waals surface area contributed by atoms with Crippen LogP contribution < -0.4 is 15.4 Å². The Balaban J connectivity index is 2.05. The number of ether oxygens (including phenoxy) is 1. The summed E-state index contributed by atoms with van der Waals surface area (Å²) in [7, 11) is 0. The lowest BCUT2D eigenvalue weighted by Gasteiger charge is -2.09. The first-order chi connectivity index (χ1) is 9.22. The fourth-order valence-electron chi connectivity index (χ4n) is 1.53. The molecule has 0 saturated carbocycles. The number of unbranched alkanes of at least 4 members (excludes halogenated alkanes) is 2. The van der Waals surface area contributed by atoms with E-state index in [4.69, 9.17) is 16.3 Å². The maximum Gasteiger partial charge on any atom is 0.314 e. The number of benzene rings is 1. The van der Waals surface area contributed by atoms with Crippen molar-refractivity contribution in [1.82, 2.24) is 10.6 Å². The van der Waals surface area contributed by atoms with E-state index in [-0.39, 0.29) is 6.03 Å². The molecule has 0 bridgehead atoms. The summed E-state index contributed by atoms with van der Waals surface area (Å²) in [6.07, 6.45) is 3.30. The standard InChI is InChI=1S/C14H21ClN2O2/c1-2-3-4-8-16-14(18)17-9-10-19-13-7-5-6-12(15)11-13/h5-7,11H,2-4,8-10H2,1H3,(H2,16,17,18). The number of urea groups is 1. The zero-order chi connectivity index (χ0) is 13.9. The number of hydrogen-bond acceptors (Lipinski definition) is 2. The van der Waals surface area contributed by atoms with Gasteiger partial charge in [0.25, 0.3) is 0 Å². The van der Waals surface area contributed by atoms with Crippen LogP contribution in [0.15, 0.2) is 24.3 Å². The van der Waals surface area contributed by atoms with Crippen LogP contribution in [0.5, 0.6) is 5.75 Å². The fourth-order valence-corrected chi connectivity index (χ4v) is 1.71. The molecule has 0 unspecified atom stereocenters. The van der Waals surface area contributed by atoms with Crippen molar-refractivity contribution in [3.8, 4) is 5.75 Å². The molecule has 0 atom stereocenters. The second kappa shape index (κ2) is 9.50. The minimum absolute atomic E-state index is 0.147. The maximum atomic E-state index is 11.4. The first-order valence-electron chi connectivity index (χ1n) is 6.62. The highest BCUT2D eigenvalue weighted by atomic mass is 35.5. The van der Waals surface area contributed by atoms with Gasteiger partial charge in [0.2, 0.25) is 0 Å². The molecule has 0 aromatic heterocycles. The van der Waals surface area contributed by atoms with Crippen LogP contribution in [0, 0.1) is 0 Å². The molecule has 19 heavy (non-hydrogen) atoms. The van der Waals surface area contributed by atoms with E-state index >= 15 is 0 Å². The lowest BCUT2D eigenvalue weighted by molar-refractivity contribution is 0.236. The Hall–Kier alpha value is -1.42. The molecule has 1 aromatic rings. The molecule has 106 valence electrons. The van der Waals surface area contributed by atoms with Crippen molar-refractivity contribution in [3.05, 3.63) is 29.3 Å². The average Bonchev–Trinajstić information content (AvgIpc) is 2.40. The highest BCUT2D eigenvalue weighted by Crippen LogP contribution is 2.16. The van der Waals surface area contributed by atoms with Crippen LogP contribution in [0.3, 0.4) is 0 Å². The summed E-state index contributed by atoms with van der Waals surface area (Å²) < 4.78 is 5.45. The van der Waals surface area contributed by atoms with Gasteiger partial charge in [0.1, 0.15) is 12.4 Å². The molecular weight excluding hydrogens is 264 g/mol. The van der Waals surface area contributed by atoms with Crippen molar-refractivity contribution >= 4 is 17.6 Å². The summed E-state index contributed by atoms with van der Waals surface area (Å²) in [5, 5.41) is 6.17. The Kier molecular flexibility index (Phi) is 7.82. The number of hydrogen-bond donors (Lipinski definition) is 2. The normalized spacial score (nSPS) is 10.0. The van der Waals surface area contributed by atoms with E-state index in [1.54, 1.807) is 12.1 Å². The van der Waals surface area contributed by atoms with Gasteiger partial charge in [-0.05, 0) is 24.6 Å². The van der Waals surface area contributed by atoms with Crippen molar-refractivity contribution < 1.29 is 9.53 Å². The zero-order valence-electron chi connectivity index (χ0n) is 11.2. The lowest BCUT2D eigenvalue weighted by atomic mass is 10.2. The summed E-state index contributed by atoms with van der Waals surface area (Å²) in [5.41, 5.74) is 0. The van der Waals surface area contributed by atoms with Gasteiger partial charge < -0.3 is 15.4 Å². The molecule has 4 nitrogen and oxygen atoms in total. The van der Waals surface area contributed by atoms with E-state index in [9.17, 15) is 4.79 Å². The number of nitrogens with one attached hydrogen (secondary N) is 2. The second-order valence-corrected chi connectivity index (χ2v) is 4.63. The Bertz CT molecular complexity index is 385. The molecule has 0 fully saturated rings. The molecule has 0 saturated heterocycles. The van der Waals surface area contributed by atoms with Crippen LogP contribution in [-0.4, -0.2) is 25.7 Å². The first kappa shape index (κ1) is 15.6. The molecule has 2 amide bonds. The van der Waals surface area contributed by atoms with Crippen LogP contribution >= 0.6 is 11.6 Å². The van der Waals surface area contributed by atoms with Gasteiger partial charge in [-0.15, -0.1) is 0 Å². The minimum atomic E-state index is -0.147. The quantitative estimate of drug-likeness (QED) is 0.720. The molecule has 0 aliphatic rings. The largest absolute Gasteiger partial charge is 0.492 e. The van der Waals surface area contributed by atoms with E-state index in [0.717, 1.165) is 25.8 Å². The molecule has 0 aliphatic heterocycles. The van der Waals surface area contributed by atoms with Gasteiger partial charge in [0, 0.05) is 11.6 Å². The predicted octanol–water partition coefficient (Wildman–Crippen LogP) is 3.21. The fraction of sp³-hybridized carbons (Fsp3) is 0.500. The molecule has 0 aliphatic carbocycles. The Morgan fingerprint density at radius 3 is 2.79 bits per heavy atom. The van der Waals surface area contributed by atoms with Crippen LogP contribution in [0.2, 0.25) is 5.02 Å². The van der Waals surface area contributed by atoms with Gasteiger partial charge in [-0.2, -0.15) is 0 Å². The van der Waals surface area contributed by atoms with Gasteiger partial charge in [0.05, 0.1) is 6.54 Å². The smallest absolute Gasteiger partial charge is 0.314 e. The van der Waals surface area contributed by atoms with Crippen LogP contribution in [-0.2, 0) is 0 Å². The van der Waals surface area contributed by atoms with E-state index < -0.39 is 0 Å². The lowest BCUT2D eigenvalue weighted by Crippen LogP contribution is -2.38. The molecule has 0 spiro atoms. The maximum absolute atomic E-state index is 11.4. The first-order valence-corrected chi connectivity index (χ1v) is 7.00. The number of amides is 2. The molecule has 0 heterocycles. The molecule has 0 radical (unpaired) electrons. The van der Waals surface area contributed by atoms with Gasteiger partial charge in [0.15, 0.2) is 0 Å². The van der Waals surface area contributed by atoms with Crippen LogP contribution in [0.25, 0.3) is 0 Å². The Morgan fingerprint density at radius 2 is 2.05 bits per heavy atom. The van der Waals surface area contributed by atoms with E-state index in [1.165, 1.54) is 0 Å². The number of carbonyl (C=O) groups is 1. The highest BCUT2D eigenvalue weighted by Gasteiger charge is 1.99. The van der Waals surface area contributed by atoms with Crippen LogP contribution in [0.4, 0.5) is 4.79 Å². The van der Waals surface area contributed by atoms with Crippen molar-refractivity contribution in [3.63, 3.8) is 0 Å². The van der Waals surface area contributed by atoms with Gasteiger partial charge in [-0.3, -0.25) is 0 Å². The number of rotatable bonds is 8. The Morgan fingerprint density at radius 1 is 1.26 bits per heavy atom. The summed E-state index contributed by atoms with van der Waals surface area (Å²) in [5.74, 6) is 0.706. The third-order valence-corrected chi connectivity index (χ3v) is 2.75. The molecule has 2 N–H and O–H groups in total. The summed E-state index contributed by atoms with van der Waals surface area (Å²) >= 11 is 5.83. The SMILES string of the molecule is CCCCCNC(=O)NCCOc1cccc(Cl)c1. The second-order valence-electron chi connectivity index (χ2n) is 4.20. The van der Waals surface area contributed by atoms with E-state index in [1.807, 2.05) is 12.1 Å². The zero-order valence-corrected chi connectivity index (χ0v) is 12.0. The summed E-state index contributed by atoms with van der Waals surface area (Å²) in [4.78, 5) is 11.4. The highest BCUT2D eigenvalue weighted by molar-refractivity contribution is 6.30. The minimum Gasteiger partial charge on any atom is -0.492 e. The van der Waals surface area contributed by atoms with Gasteiger partial charge in [-0.25, -0.2) is 4.79 Å². The van der Waals surface area contributed by atoms with E-state index in [0.29, 0.717) is 23.9 Å². The Labute approximate surface area is 119 Å². The summed E-state index contributed by atoms with van der Waals surface area (Å²) in [6, 6.07) is 7.04. The van der Waals surface area contributed by atoms with Crippen molar-refractivity contribution in [2.24, 2.45) is 0 Å². The topological polar surface area (TPSA) is 50.4 Å². The van der Waals surface area contributed by atoms with Crippen molar-refractivity contribution in [2.75, 3.05) is 19.7 Å². The summed E-state index contributed by atoms with van der Waals surface area (Å²) in [6.45, 7) is 3.73. The van der Waals surface area contributed by atoms with Gasteiger partial charge >= 0.3 is 6.03 Å². The monoisotopic (exact) mass is 284 g/mol. The van der Waals surface area contributed by atoms with Crippen molar-refractivity contribution in [2.45, 2.75) is 26.2 Å². The molecule has 1 rings (SSSR count). The third-order valence-electron chi connectivity index (χ3n) is 2.52. The van der Waals surface area contributed by atoms with E-state index in [2.05, 4.69) is 17.6 Å².